The van der Waals surface area contributed by atoms with Gasteiger partial charge in [-0.15, -0.1) is 0 Å². The second-order valence-corrected chi connectivity index (χ2v) is 5.43. The first kappa shape index (κ1) is 14.6. The number of carbonyl (C=O) groups is 1. The maximum Gasteiger partial charge on any atom is 0.289 e. The summed E-state index contributed by atoms with van der Waals surface area (Å²) >= 11 is 0. The Morgan fingerprint density at radius 2 is 2.00 bits per heavy atom. The molecule has 0 atom stereocenters. The molecule has 1 fully saturated rings. The van der Waals surface area contributed by atoms with E-state index in [0.717, 1.165) is 11.3 Å². The molecule has 0 spiro atoms. The van der Waals surface area contributed by atoms with Crippen molar-refractivity contribution in [3.05, 3.63) is 54.7 Å². The zero-order valence-electron chi connectivity index (χ0n) is 13.0. The topological polar surface area (TPSA) is 73.4 Å². The minimum absolute atomic E-state index is 0.121. The molecule has 1 aliphatic rings. The Hall–Kier alpha value is -2.93. The van der Waals surface area contributed by atoms with E-state index in [-0.39, 0.29) is 5.91 Å². The van der Waals surface area contributed by atoms with Crippen molar-refractivity contribution < 1.29 is 13.9 Å². The van der Waals surface area contributed by atoms with E-state index < -0.39 is 0 Å². The van der Waals surface area contributed by atoms with Gasteiger partial charge < -0.3 is 14.1 Å². The number of morpholine rings is 1. The van der Waals surface area contributed by atoms with Crippen LogP contribution < -0.4 is 0 Å². The lowest BCUT2D eigenvalue weighted by Gasteiger charge is -2.25. The quantitative estimate of drug-likeness (QED) is 0.737. The number of amides is 1. The minimum Gasteiger partial charge on any atom is -0.433 e. The molecule has 1 amide bonds. The fourth-order valence-electron chi connectivity index (χ4n) is 2.60. The van der Waals surface area contributed by atoms with Crippen molar-refractivity contribution in [1.29, 1.82) is 0 Å². The van der Waals surface area contributed by atoms with Crippen LogP contribution in [0.3, 0.4) is 0 Å². The molecule has 122 valence electrons. The van der Waals surface area contributed by atoms with Gasteiger partial charge in [0, 0.05) is 43.3 Å². The fraction of sp³-hybridized carbons (Fsp3) is 0.235. The summed E-state index contributed by atoms with van der Waals surface area (Å²) in [5, 5.41) is 4.47. The number of nitrogens with zero attached hydrogens (tertiary/aromatic N) is 4. The van der Waals surface area contributed by atoms with Gasteiger partial charge in [-0.2, -0.15) is 5.10 Å². The van der Waals surface area contributed by atoms with Gasteiger partial charge in [0.05, 0.1) is 18.9 Å². The molecule has 0 aliphatic carbocycles. The van der Waals surface area contributed by atoms with Gasteiger partial charge in [0.2, 0.25) is 5.88 Å². The van der Waals surface area contributed by atoms with E-state index in [1.807, 2.05) is 18.2 Å². The smallest absolute Gasteiger partial charge is 0.289 e. The van der Waals surface area contributed by atoms with E-state index in [1.165, 1.54) is 0 Å². The molecule has 1 aliphatic heterocycles. The van der Waals surface area contributed by atoms with Crippen LogP contribution in [0.15, 0.2) is 53.3 Å². The summed E-state index contributed by atoms with van der Waals surface area (Å²) in [6.07, 6.45) is 5.27. The van der Waals surface area contributed by atoms with E-state index in [9.17, 15) is 4.79 Å². The first-order chi connectivity index (χ1) is 11.8. The Bertz CT molecular complexity index is 834. The molecule has 1 saturated heterocycles. The van der Waals surface area contributed by atoms with E-state index in [2.05, 4.69) is 10.1 Å². The van der Waals surface area contributed by atoms with Gasteiger partial charge in [-0.25, -0.2) is 4.68 Å². The van der Waals surface area contributed by atoms with Crippen LogP contribution in [-0.2, 0) is 4.74 Å². The minimum atomic E-state index is -0.121. The van der Waals surface area contributed by atoms with Gasteiger partial charge in [0.25, 0.3) is 5.91 Å². The summed E-state index contributed by atoms with van der Waals surface area (Å²) in [7, 11) is 0. The van der Waals surface area contributed by atoms with Gasteiger partial charge in [0.15, 0.2) is 5.76 Å². The molecule has 4 rings (SSSR count). The summed E-state index contributed by atoms with van der Waals surface area (Å²) in [5.74, 6) is 0.691. The summed E-state index contributed by atoms with van der Waals surface area (Å²) in [6.45, 7) is 2.30. The number of pyridine rings is 1. The average Bonchev–Trinajstić information content (AvgIpc) is 3.32. The molecule has 0 unspecified atom stereocenters. The van der Waals surface area contributed by atoms with Gasteiger partial charge in [0.1, 0.15) is 0 Å². The van der Waals surface area contributed by atoms with E-state index in [1.54, 1.807) is 40.3 Å². The summed E-state index contributed by atoms with van der Waals surface area (Å²) < 4.78 is 12.6. The third-order valence-electron chi connectivity index (χ3n) is 3.87. The highest BCUT2D eigenvalue weighted by Crippen LogP contribution is 2.19. The summed E-state index contributed by atoms with van der Waals surface area (Å²) in [5.41, 5.74) is 1.72. The lowest BCUT2D eigenvalue weighted by atomic mass is 10.2. The van der Waals surface area contributed by atoms with Crippen LogP contribution in [0.2, 0.25) is 0 Å². The van der Waals surface area contributed by atoms with Crippen molar-refractivity contribution in [2.75, 3.05) is 26.3 Å². The van der Waals surface area contributed by atoms with Crippen LogP contribution in [0.1, 0.15) is 10.6 Å². The maximum absolute atomic E-state index is 12.4. The molecule has 7 heteroatoms. The molecule has 3 aromatic rings. The highest BCUT2D eigenvalue weighted by atomic mass is 16.5. The molecule has 0 N–H and O–H groups in total. The summed E-state index contributed by atoms with van der Waals surface area (Å²) in [6, 6.07) is 9.10. The monoisotopic (exact) mass is 324 g/mol. The molecule has 24 heavy (non-hydrogen) atoms. The van der Waals surface area contributed by atoms with Crippen molar-refractivity contribution in [3.63, 3.8) is 0 Å². The van der Waals surface area contributed by atoms with Crippen molar-refractivity contribution >= 4 is 5.91 Å². The van der Waals surface area contributed by atoms with Crippen LogP contribution in [0.25, 0.3) is 17.1 Å². The first-order valence-electron chi connectivity index (χ1n) is 7.74. The van der Waals surface area contributed by atoms with Gasteiger partial charge in [-0.05, 0) is 24.3 Å². The van der Waals surface area contributed by atoms with Crippen molar-refractivity contribution in [3.8, 4) is 17.1 Å². The zero-order chi connectivity index (χ0) is 16.4. The second kappa shape index (κ2) is 6.29. The highest BCUT2D eigenvalue weighted by Gasteiger charge is 2.21. The predicted molar refractivity (Wildman–Crippen MR) is 85.8 cm³/mol. The molecule has 0 radical (unpaired) electrons. The van der Waals surface area contributed by atoms with Gasteiger partial charge in [-0.3, -0.25) is 9.78 Å². The largest absolute Gasteiger partial charge is 0.433 e. The Morgan fingerprint density at radius 1 is 1.12 bits per heavy atom. The van der Waals surface area contributed by atoms with Crippen LogP contribution in [0, 0.1) is 0 Å². The van der Waals surface area contributed by atoms with E-state index in [4.69, 9.17) is 9.15 Å². The third kappa shape index (κ3) is 2.81. The number of aromatic nitrogens is 3. The number of carbonyl (C=O) groups excluding carboxylic acids is 1. The summed E-state index contributed by atoms with van der Waals surface area (Å²) in [4.78, 5) is 18.2. The lowest BCUT2D eigenvalue weighted by molar-refractivity contribution is 0.0282. The number of hydrogen-bond donors (Lipinski definition) is 0. The molecule has 0 aromatic carbocycles. The number of ether oxygens (including phenoxy) is 1. The van der Waals surface area contributed by atoms with Gasteiger partial charge in [-0.1, -0.05) is 0 Å². The Morgan fingerprint density at radius 3 is 2.79 bits per heavy atom. The molecule has 0 saturated carbocycles. The number of hydrogen-bond acceptors (Lipinski definition) is 5. The zero-order valence-corrected chi connectivity index (χ0v) is 13.0. The average molecular weight is 324 g/mol. The SMILES string of the molecule is O=C(c1ccc(-n2ccc(-c3cccnc3)n2)o1)N1CCOCC1. The molecular formula is C17H16N4O3. The van der Waals surface area contributed by atoms with Crippen LogP contribution >= 0.6 is 0 Å². The van der Waals surface area contributed by atoms with Crippen LogP contribution in [0.4, 0.5) is 0 Å². The standard InChI is InChI=1S/C17H16N4O3/c22-17(20-8-10-23-11-9-20)15-3-4-16(24-15)21-7-5-14(19-21)13-2-1-6-18-12-13/h1-7,12H,8-11H2. The fourth-order valence-corrected chi connectivity index (χ4v) is 2.60. The molecule has 0 bridgehead atoms. The first-order valence-corrected chi connectivity index (χ1v) is 7.74. The molecule has 3 aromatic heterocycles. The number of rotatable bonds is 3. The molecule has 4 heterocycles. The predicted octanol–water partition coefficient (Wildman–Crippen LogP) is 2.00. The lowest BCUT2D eigenvalue weighted by Crippen LogP contribution is -2.40. The normalized spacial score (nSPS) is 14.8. The molecular weight excluding hydrogens is 308 g/mol. The van der Waals surface area contributed by atoms with Crippen LogP contribution in [-0.4, -0.2) is 51.9 Å². The number of furan rings is 1. The Kier molecular flexibility index (Phi) is 3.84. The maximum atomic E-state index is 12.4. The van der Waals surface area contributed by atoms with E-state index >= 15 is 0 Å². The third-order valence-corrected chi connectivity index (χ3v) is 3.87. The molecule has 7 nitrogen and oxygen atoms in total. The van der Waals surface area contributed by atoms with E-state index in [0.29, 0.717) is 37.9 Å². The van der Waals surface area contributed by atoms with Crippen LogP contribution in [0.5, 0.6) is 0 Å². The second-order valence-electron chi connectivity index (χ2n) is 5.43. The Labute approximate surface area is 138 Å². The van der Waals surface area contributed by atoms with Crippen molar-refractivity contribution in [1.82, 2.24) is 19.7 Å². The van der Waals surface area contributed by atoms with Crippen molar-refractivity contribution in [2.24, 2.45) is 0 Å². The van der Waals surface area contributed by atoms with Crippen molar-refractivity contribution in [2.45, 2.75) is 0 Å². The van der Waals surface area contributed by atoms with Gasteiger partial charge >= 0.3 is 0 Å². The Balaban J connectivity index is 1.55. The highest BCUT2D eigenvalue weighted by molar-refractivity contribution is 5.91.